The Hall–Kier alpha value is -3.36. The number of hydrogen-bond donors (Lipinski definition) is 1. The number of rotatable bonds is 14. The van der Waals surface area contributed by atoms with Crippen LogP contribution in [0.4, 0.5) is 4.39 Å². The largest absolute Gasteiger partial charge is 0.353 e. The molecule has 0 saturated carbocycles. The van der Waals surface area contributed by atoms with Crippen LogP contribution in [0.1, 0.15) is 98.9 Å². The van der Waals surface area contributed by atoms with Crippen molar-refractivity contribution in [2.75, 3.05) is 13.1 Å². The van der Waals surface area contributed by atoms with Gasteiger partial charge in [-0.25, -0.2) is 9.37 Å². The highest BCUT2D eigenvalue weighted by Gasteiger charge is 2.28. The molecule has 8 heteroatoms. The fourth-order valence-electron chi connectivity index (χ4n) is 6.72. The molecule has 1 N–H and O–H groups in total. The van der Waals surface area contributed by atoms with Gasteiger partial charge in [0.25, 0.3) is 0 Å². The number of Topliss-reactive ketones (excluding diaryl/α,β-unsaturated/α-hetero) is 1. The lowest BCUT2D eigenvalue weighted by Crippen LogP contribution is -2.46. The topological polar surface area (TPSA) is 67.2 Å². The minimum absolute atomic E-state index is 0.0143. The number of carbonyl (C=O) groups is 2. The average molecular weight is 631 g/mol. The summed E-state index contributed by atoms with van der Waals surface area (Å²) in [5.74, 6) is 0.687. The van der Waals surface area contributed by atoms with E-state index < -0.39 is 0 Å². The fraction of sp³-hybridized carbons (Fsp3) is 0.486. The summed E-state index contributed by atoms with van der Waals surface area (Å²) in [5, 5.41) is 5.36. The maximum Gasteiger partial charge on any atom is 0.223 e. The molecule has 0 radical (unpaired) electrons. The van der Waals surface area contributed by atoms with E-state index in [0.717, 1.165) is 67.6 Å². The quantitative estimate of drug-likeness (QED) is 0.143. The first-order valence-electron chi connectivity index (χ1n) is 16.6. The van der Waals surface area contributed by atoms with E-state index in [9.17, 15) is 14.0 Å². The predicted octanol–water partition coefficient (Wildman–Crippen LogP) is 8.20. The SMILES string of the molecule is CCC(CC)n1c(Cc2cccs2)nc2cc(C(=O)C[C@@H](CC(C)C)C(=O)NC3CCN(Cc4cccc(F)c4)CC3)ccc21. The molecule has 0 aliphatic carbocycles. The van der Waals surface area contributed by atoms with Crippen molar-refractivity contribution in [2.24, 2.45) is 11.8 Å². The van der Waals surface area contributed by atoms with Gasteiger partial charge in [0.2, 0.25) is 5.91 Å². The fourth-order valence-corrected chi connectivity index (χ4v) is 7.42. The van der Waals surface area contributed by atoms with Gasteiger partial charge in [0.15, 0.2) is 5.78 Å². The van der Waals surface area contributed by atoms with Gasteiger partial charge in [-0.05, 0) is 85.4 Å². The van der Waals surface area contributed by atoms with Gasteiger partial charge in [0, 0.05) is 60.9 Å². The zero-order valence-corrected chi connectivity index (χ0v) is 27.9. The van der Waals surface area contributed by atoms with Crippen molar-refractivity contribution in [3.63, 3.8) is 0 Å². The van der Waals surface area contributed by atoms with Crippen molar-refractivity contribution < 1.29 is 14.0 Å². The molecule has 1 amide bonds. The van der Waals surface area contributed by atoms with Crippen molar-refractivity contribution >= 4 is 34.1 Å². The highest BCUT2D eigenvalue weighted by Crippen LogP contribution is 2.29. The van der Waals surface area contributed by atoms with E-state index in [4.69, 9.17) is 4.98 Å². The second-order valence-electron chi connectivity index (χ2n) is 13.0. The molecule has 0 unspecified atom stereocenters. The molecule has 1 atom stereocenters. The number of carbonyl (C=O) groups excluding carboxylic acids is 2. The number of thiophene rings is 1. The highest BCUT2D eigenvalue weighted by molar-refractivity contribution is 7.09. The van der Waals surface area contributed by atoms with Crippen LogP contribution in [-0.2, 0) is 17.8 Å². The molecule has 4 aromatic rings. The standard InChI is InChI=1S/C37H47FN4O2S/c1-5-31(6-2)42-34-13-12-27(21-33(34)40-36(42)23-32-11-8-18-45-32)35(43)22-28(19-25(3)4)37(44)39-30-14-16-41(17-15-30)24-26-9-7-10-29(38)20-26/h7-13,18,20-21,25,28,30-31H,5-6,14-17,19,22-24H2,1-4H3,(H,39,44)/t28-/m1/s1. The summed E-state index contributed by atoms with van der Waals surface area (Å²) in [4.78, 5) is 35.8. The third-order valence-electron chi connectivity index (χ3n) is 9.09. The highest BCUT2D eigenvalue weighted by atomic mass is 32.1. The first-order valence-corrected chi connectivity index (χ1v) is 17.5. The third kappa shape index (κ3) is 8.47. The first-order chi connectivity index (χ1) is 21.7. The number of fused-ring (bicyclic) bond motifs is 1. The Balaban J connectivity index is 1.25. The molecule has 1 aliphatic heterocycles. The van der Waals surface area contributed by atoms with Crippen molar-refractivity contribution in [3.8, 4) is 0 Å². The van der Waals surface area contributed by atoms with E-state index in [-0.39, 0.29) is 35.9 Å². The summed E-state index contributed by atoms with van der Waals surface area (Å²) in [6, 6.07) is 17.3. The molecule has 0 spiro atoms. The van der Waals surface area contributed by atoms with Crippen molar-refractivity contribution in [3.05, 3.63) is 87.6 Å². The summed E-state index contributed by atoms with van der Waals surface area (Å²) in [6.07, 6.45) is 5.32. The number of aromatic nitrogens is 2. The summed E-state index contributed by atoms with van der Waals surface area (Å²) < 4.78 is 16.0. The van der Waals surface area contributed by atoms with Crippen LogP contribution in [0.15, 0.2) is 60.0 Å². The van der Waals surface area contributed by atoms with E-state index in [1.807, 2.05) is 24.3 Å². The van der Waals surface area contributed by atoms with Gasteiger partial charge in [-0.1, -0.05) is 45.9 Å². The van der Waals surface area contributed by atoms with Crippen LogP contribution >= 0.6 is 11.3 Å². The van der Waals surface area contributed by atoms with Gasteiger partial charge in [0.05, 0.1) is 11.0 Å². The average Bonchev–Trinajstić information content (AvgIpc) is 3.66. The summed E-state index contributed by atoms with van der Waals surface area (Å²) in [6.45, 7) is 11.0. The minimum Gasteiger partial charge on any atom is -0.353 e. The van der Waals surface area contributed by atoms with Crippen LogP contribution in [0, 0.1) is 17.7 Å². The molecule has 5 rings (SSSR count). The predicted molar refractivity (Wildman–Crippen MR) is 181 cm³/mol. The van der Waals surface area contributed by atoms with Crippen molar-refractivity contribution in [1.82, 2.24) is 19.8 Å². The number of nitrogens with one attached hydrogen (secondary N) is 1. The maximum absolute atomic E-state index is 13.7. The number of ketones is 1. The number of amides is 1. The summed E-state index contributed by atoms with van der Waals surface area (Å²) in [5.41, 5.74) is 3.49. The van der Waals surface area contributed by atoms with Crippen LogP contribution in [0.2, 0.25) is 0 Å². The molecule has 2 aromatic carbocycles. The smallest absolute Gasteiger partial charge is 0.223 e. The Labute approximate surface area is 271 Å². The lowest BCUT2D eigenvalue weighted by Gasteiger charge is -2.33. The normalized spacial score (nSPS) is 15.3. The van der Waals surface area contributed by atoms with Crippen molar-refractivity contribution in [1.29, 1.82) is 0 Å². The zero-order valence-electron chi connectivity index (χ0n) is 27.1. The number of imidazole rings is 1. The van der Waals surface area contributed by atoms with Crippen LogP contribution in [0.5, 0.6) is 0 Å². The molecule has 2 aromatic heterocycles. The Morgan fingerprint density at radius 2 is 1.82 bits per heavy atom. The maximum atomic E-state index is 13.7. The number of benzene rings is 2. The Kier molecular flexibility index (Phi) is 11.2. The Morgan fingerprint density at radius 1 is 1.04 bits per heavy atom. The van der Waals surface area contributed by atoms with Crippen LogP contribution < -0.4 is 5.32 Å². The molecule has 6 nitrogen and oxygen atoms in total. The molecule has 3 heterocycles. The lowest BCUT2D eigenvalue weighted by molar-refractivity contribution is -0.126. The number of piperidine rings is 1. The van der Waals surface area contributed by atoms with Crippen LogP contribution in [0.3, 0.4) is 0 Å². The van der Waals surface area contributed by atoms with Crippen molar-refractivity contribution in [2.45, 2.75) is 91.3 Å². The van der Waals surface area contributed by atoms with Gasteiger partial charge in [-0.15, -0.1) is 11.3 Å². The minimum atomic E-state index is -0.380. The molecule has 1 saturated heterocycles. The van der Waals surface area contributed by atoms with E-state index in [0.29, 0.717) is 30.5 Å². The number of likely N-dealkylation sites (tertiary alicyclic amines) is 1. The second-order valence-corrected chi connectivity index (χ2v) is 14.0. The van der Waals surface area contributed by atoms with Gasteiger partial charge < -0.3 is 9.88 Å². The molecule has 240 valence electrons. The molecular formula is C37H47FN4O2S. The van der Waals surface area contributed by atoms with Gasteiger partial charge >= 0.3 is 0 Å². The van der Waals surface area contributed by atoms with E-state index in [1.54, 1.807) is 23.5 Å². The third-order valence-corrected chi connectivity index (χ3v) is 9.97. The summed E-state index contributed by atoms with van der Waals surface area (Å²) >= 11 is 1.74. The lowest BCUT2D eigenvalue weighted by atomic mass is 9.89. The van der Waals surface area contributed by atoms with Gasteiger partial charge in [0.1, 0.15) is 11.6 Å². The second kappa shape index (κ2) is 15.3. The first kappa shape index (κ1) is 33.0. The van der Waals surface area contributed by atoms with E-state index in [2.05, 4.69) is 60.0 Å². The Bertz CT molecular complexity index is 1570. The number of nitrogens with zero attached hydrogens (tertiary/aromatic N) is 3. The van der Waals surface area contributed by atoms with Crippen LogP contribution in [0.25, 0.3) is 11.0 Å². The molecule has 0 bridgehead atoms. The number of halogens is 1. The van der Waals surface area contributed by atoms with Gasteiger partial charge in [-0.3, -0.25) is 14.5 Å². The van der Waals surface area contributed by atoms with E-state index in [1.165, 1.54) is 10.9 Å². The monoisotopic (exact) mass is 630 g/mol. The molecule has 1 fully saturated rings. The summed E-state index contributed by atoms with van der Waals surface area (Å²) in [7, 11) is 0. The zero-order chi connectivity index (χ0) is 31.9. The molecule has 1 aliphatic rings. The number of hydrogen-bond acceptors (Lipinski definition) is 5. The van der Waals surface area contributed by atoms with Crippen LogP contribution in [-0.4, -0.2) is 45.3 Å². The molecule has 45 heavy (non-hydrogen) atoms. The Morgan fingerprint density at radius 3 is 2.49 bits per heavy atom. The van der Waals surface area contributed by atoms with Gasteiger partial charge in [-0.2, -0.15) is 0 Å². The molecular weight excluding hydrogens is 583 g/mol. The van der Waals surface area contributed by atoms with E-state index >= 15 is 0 Å².